The molecule has 0 aliphatic carbocycles. The Balaban J connectivity index is 2.58. The van der Waals surface area contributed by atoms with E-state index in [9.17, 15) is 0 Å². The van der Waals surface area contributed by atoms with Crippen molar-refractivity contribution < 1.29 is 9.47 Å². The highest BCUT2D eigenvalue weighted by Crippen LogP contribution is 2.13. The molecule has 0 aromatic heterocycles. The molecule has 3 nitrogen and oxygen atoms in total. The zero-order valence-corrected chi connectivity index (χ0v) is 8.12. The van der Waals surface area contributed by atoms with E-state index in [1.165, 1.54) is 6.08 Å². The molecule has 3 heteroatoms. The van der Waals surface area contributed by atoms with Crippen molar-refractivity contribution in [1.29, 1.82) is 5.41 Å². The average molecular weight is 191 g/mol. The third-order valence-corrected chi connectivity index (χ3v) is 1.71. The van der Waals surface area contributed by atoms with Gasteiger partial charge in [-0.05, 0) is 23.8 Å². The fourth-order valence-electron chi connectivity index (χ4n) is 0.982. The Labute approximate surface area is 83.5 Å². The van der Waals surface area contributed by atoms with Crippen molar-refractivity contribution >= 4 is 5.90 Å². The van der Waals surface area contributed by atoms with Gasteiger partial charge in [0.15, 0.2) is 0 Å². The van der Waals surface area contributed by atoms with E-state index in [0.717, 1.165) is 11.3 Å². The molecule has 1 rings (SSSR count). The van der Waals surface area contributed by atoms with Gasteiger partial charge in [0.05, 0.1) is 7.11 Å². The molecule has 0 heterocycles. The molecule has 1 aromatic rings. The first-order chi connectivity index (χ1) is 6.76. The SMILES string of the molecule is C=CC(=N)OCc1cccc(OC)c1. The molecule has 0 saturated carbocycles. The summed E-state index contributed by atoms with van der Waals surface area (Å²) < 4.78 is 10.1. The fraction of sp³-hybridized carbons (Fsp3) is 0.182. The number of rotatable bonds is 4. The van der Waals surface area contributed by atoms with Crippen molar-refractivity contribution in [3.05, 3.63) is 42.5 Å². The van der Waals surface area contributed by atoms with E-state index in [2.05, 4.69) is 6.58 Å². The monoisotopic (exact) mass is 191 g/mol. The van der Waals surface area contributed by atoms with Crippen LogP contribution in [0.4, 0.5) is 0 Å². The number of hydrogen-bond acceptors (Lipinski definition) is 3. The molecule has 0 amide bonds. The molecule has 0 spiro atoms. The zero-order valence-electron chi connectivity index (χ0n) is 8.12. The van der Waals surface area contributed by atoms with E-state index in [1.807, 2.05) is 24.3 Å². The highest BCUT2D eigenvalue weighted by molar-refractivity contribution is 5.83. The van der Waals surface area contributed by atoms with Gasteiger partial charge in [-0.15, -0.1) is 0 Å². The van der Waals surface area contributed by atoms with Crippen LogP contribution in [0.25, 0.3) is 0 Å². The van der Waals surface area contributed by atoms with Gasteiger partial charge in [-0.3, -0.25) is 5.41 Å². The minimum atomic E-state index is 0.0767. The Bertz CT molecular complexity index is 334. The summed E-state index contributed by atoms with van der Waals surface area (Å²) in [6.07, 6.45) is 1.36. The third-order valence-electron chi connectivity index (χ3n) is 1.71. The van der Waals surface area contributed by atoms with Crippen LogP contribution < -0.4 is 4.74 Å². The number of benzene rings is 1. The number of methoxy groups -OCH3 is 1. The normalized spacial score (nSPS) is 9.21. The van der Waals surface area contributed by atoms with Crippen LogP contribution in [0.3, 0.4) is 0 Å². The van der Waals surface area contributed by atoms with Crippen molar-refractivity contribution in [2.24, 2.45) is 0 Å². The molecule has 0 bridgehead atoms. The summed E-state index contributed by atoms with van der Waals surface area (Å²) in [5, 5.41) is 7.21. The fourth-order valence-corrected chi connectivity index (χ4v) is 0.982. The first kappa shape index (κ1) is 10.3. The second-order valence-corrected chi connectivity index (χ2v) is 2.71. The summed E-state index contributed by atoms with van der Waals surface area (Å²) in [6.45, 7) is 3.80. The quantitative estimate of drug-likeness (QED) is 0.586. The minimum absolute atomic E-state index is 0.0767. The van der Waals surface area contributed by atoms with Gasteiger partial charge >= 0.3 is 0 Å². The number of hydrogen-bond donors (Lipinski definition) is 1. The summed E-state index contributed by atoms with van der Waals surface area (Å²) in [6, 6.07) is 7.53. The summed E-state index contributed by atoms with van der Waals surface area (Å²) in [7, 11) is 1.62. The second-order valence-electron chi connectivity index (χ2n) is 2.71. The lowest BCUT2D eigenvalue weighted by atomic mass is 10.2. The lowest BCUT2D eigenvalue weighted by molar-refractivity contribution is 0.292. The van der Waals surface area contributed by atoms with E-state index in [1.54, 1.807) is 7.11 Å². The smallest absolute Gasteiger partial charge is 0.205 e. The maximum absolute atomic E-state index is 7.21. The molecule has 0 aliphatic heterocycles. The van der Waals surface area contributed by atoms with Gasteiger partial charge in [0, 0.05) is 0 Å². The van der Waals surface area contributed by atoms with E-state index in [4.69, 9.17) is 14.9 Å². The molecule has 0 saturated heterocycles. The van der Waals surface area contributed by atoms with Crippen molar-refractivity contribution in [2.45, 2.75) is 6.61 Å². The van der Waals surface area contributed by atoms with E-state index in [0.29, 0.717) is 6.61 Å². The van der Waals surface area contributed by atoms with E-state index in [-0.39, 0.29) is 5.90 Å². The third kappa shape index (κ3) is 2.94. The minimum Gasteiger partial charge on any atom is -0.497 e. The van der Waals surface area contributed by atoms with Crippen molar-refractivity contribution in [3.8, 4) is 5.75 Å². The Hall–Kier alpha value is -1.77. The first-order valence-corrected chi connectivity index (χ1v) is 4.23. The van der Waals surface area contributed by atoms with Gasteiger partial charge < -0.3 is 9.47 Å². The highest BCUT2D eigenvalue weighted by Gasteiger charge is 1.97. The maximum atomic E-state index is 7.21. The van der Waals surface area contributed by atoms with Crippen LogP contribution in [0.5, 0.6) is 5.75 Å². The maximum Gasteiger partial charge on any atom is 0.205 e. The standard InChI is InChI=1S/C11H13NO2/c1-3-11(12)14-8-9-5-4-6-10(7-9)13-2/h3-7,12H,1,8H2,2H3. The molecule has 0 unspecified atom stereocenters. The van der Waals surface area contributed by atoms with Gasteiger partial charge in [0.25, 0.3) is 0 Å². The molecule has 74 valence electrons. The summed E-state index contributed by atoms with van der Waals surface area (Å²) >= 11 is 0. The molecule has 0 fully saturated rings. The van der Waals surface area contributed by atoms with Gasteiger partial charge in [-0.25, -0.2) is 0 Å². The van der Waals surface area contributed by atoms with Crippen LogP contribution in [0, 0.1) is 5.41 Å². The van der Waals surface area contributed by atoms with Crippen molar-refractivity contribution in [1.82, 2.24) is 0 Å². The summed E-state index contributed by atoms with van der Waals surface area (Å²) in [5.74, 6) is 0.865. The lowest BCUT2D eigenvalue weighted by Gasteiger charge is -2.05. The van der Waals surface area contributed by atoms with E-state index < -0.39 is 0 Å². The number of ether oxygens (including phenoxy) is 2. The Morgan fingerprint density at radius 2 is 2.36 bits per heavy atom. The topological polar surface area (TPSA) is 42.3 Å². The van der Waals surface area contributed by atoms with Crippen LogP contribution in [0.15, 0.2) is 36.9 Å². The van der Waals surface area contributed by atoms with Gasteiger partial charge in [0.1, 0.15) is 12.4 Å². The Morgan fingerprint density at radius 1 is 1.57 bits per heavy atom. The Kier molecular flexibility index (Phi) is 3.73. The van der Waals surface area contributed by atoms with Crippen LogP contribution in [0.2, 0.25) is 0 Å². The summed E-state index contributed by atoms with van der Waals surface area (Å²) in [4.78, 5) is 0. The molecule has 0 aliphatic rings. The second kappa shape index (κ2) is 5.07. The largest absolute Gasteiger partial charge is 0.497 e. The molecular formula is C11H13NO2. The zero-order chi connectivity index (χ0) is 10.4. The van der Waals surface area contributed by atoms with Crippen molar-refractivity contribution in [3.63, 3.8) is 0 Å². The van der Waals surface area contributed by atoms with Gasteiger partial charge in [-0.1, -0.05) is 18.7 Å². The predicted octanol–water partition coefficient (Wildman–Crippen LogP) is 2.38. The molecule has 1 N–H and O–H groups in total. The number of nitrogens with one attached hydrogen (secondary N) is 1. The molecule has 0 atom stereocenters. The Morgan fingerprint density at radius 3 is 3.00 bits per heavy atom. The van der Waals surface area contributed by atoms with Crippen LogP contribution in [-0.4, -0.2) is 13.0 Å². The summed E-state index contributed by atoms with van der Waals surface area (Å²) in [5.41, 5.74) is 0.968. The van der Waals surface area contributed by atoms with E-state index >= 15 is 0 Å². The van der Waals surface area contributed by atoms with Gasteiger partial charge in [-0.2, -0.15) is 0 Å². The molecular weight excluding hydrogens is 178 g/mol. The van der Waals surface area contributed by atoms with Crippen LogP contribution in [-0.2, 0) is 11.3 Å². The first-order valence-electron chi connectivity index (χ1n) is 4.23. The molecule has 1 aromatic carbocycles. The van der Waals surface area contributed by atoms with Crippen LogP contribution >= 0.6 is 0 Å². The lowest BCUT2D eigenvalue weighted by Crippen LogP contribution is -1.99. The predicted molar refractivity (Wildman–Crippen MR) is 55.7 cm³/mol. The van der Waals surface area contributed by atoms with Crippen molar-refractivity contribution in [2.75, 3.05) is 7.11 Å². The average Bonchev–Trinajstić information content (AvgIpc) is 2.26. The van der Waals surface area contributed by atoms with Crippen LogP contribution in [0.1, 0.15) is 5.56 Å². The van der Waals surface area contributed by atoms with Gasteiger partial charge in [0.2, 0.25) is 5.90 Å². The highest BCUT2D eigenvalue weighted by atomic mass is 16.5. The molecule has 0 radical (unpaired) electrons. The molecule has 14 heavy (non-hydrogen) atoms.